The van der Waals surface area contributed by atoms with Crippen LogP contribution in [-0.4, -0.2) is 29.9 Å². The third kappa shape index (κ3) is 3.85. The first-order valence-corrected chi connectivity index (χ1v) is 8.38. The van der Waals surface area contributed by atoms with Gasteiger partial charge in [0.2, 0.25) is 5.91 Å². The van der Waals surface area contributed by atoms with E-state index in [-0.39, 0.29) is 11.9 Å². The molecule has 3 nitrogen and oxygen atoms in total. The van der Waals surface area contributed by atoms with E-state index in [4.69, 9.17) is 0 Å². The molecule has 1 aromatic carbocycles. The summed E-state index contributed by atoms with van der Waals surface area (Å²) < 4.78 is 0. The number of nitrogens with zero attached hydrogens (tertiary/aromatic N) is 1. The van der Waals surface area contributed by atoms with Crippen molar-refractivity contribution in [3.05, 3.63) is 35.9 Å². The van der Waals surface area contributed by atoms with Gasteiger partial charge in [0.25, 0.3) is 0 Å². The van der Waals surface area contributed by atoms with Crippen LogP contribution >= 0.6 is 0 Å². The zero-order chi connectivity index (χ0) is 14.5. The van der Waals surface area contributed by atoms with E-state index in [0.29, 0.717) is 6.54 Å². The summed E-state index contributed by atoms with van der Waals surface area (Å²) in [4.78, 5) is 14.9. The van der Waals surface area contributed by atoms with Crippen LogP contribution in [0, 0.1) is 5.92 Å². The van der Waals surface area contributed by atoms with E-state index in [2.05, 4.69) is 22.3 Å². The highest BCUT2D eigenvalue weighted by Gasteiger charge is 2.32. The number of hydrogen-bond donors (Lipinski definition) is 1. The van der Waals surface area contributed by atoms with Gasteiger partial charge in [-0.3, -0.25) is 9.69 Å². The van der Waals surface area contributed by atoms with Gasteiger partial charge in [0, 0.05) is 13.1 Å². The van der Waals surface area contributed by atoms with Crippen molar-refractivity contribution in [2.24, 2.45) is 5.92 Å². The Kier molecular flexibility index (Phi) is 4.91. The lowest BCUT2D eigenvalue weighted by Crippen LogP contribution is -2.44. The number of hydrogen-bond acceptors (Lipinski definition) is 2. The molecule has 1 atom stereocenters. The molecule has 1 aliphatic heterocycles. The normalized spacial score (nSPS) is 23.5. The lowest BCUT2D eigenvalue weighted by atomic mass is 10.1. The summed E-state index contributed by atoms with van der Waals surface area (Å²) in [7, 11) is 0. The molecule has 0 radical (unpaired) electrons. The number of benzene rings is 1. The van der Waals surface area contributed by atoms with Crippen molar-refractivity contribution in [3.63, 3.8) is 0 Å². The van der Waals surface area contributed by atoms with Gasteiger partial charge in [-0.1, -0.05) is 43.2 Å². The van der Waals surface area contributed by atoms with E-state index in [1.54, 1.807) is 0 Å². The average Bonchev–Trinajstić information content (AvgIpc) is 3.18. The van der Waals surface area contributed by atoms with Gasteiger partial charge in [-0.15, -0.1) is 0 Å². The quantitative estimate of drug-likeness (QED) is 0.902. The number of rotatable bonds is 5. The van der Waals surface area contributed by atoms with E-state index in [1.807, 2.05) is 18.2 Å². The molecule has 3 rings (SSSR count). The van der Waals surface area contributed by atoms with Crippen molar-refractivity contribution in [2.75, 3.05) is 13.1 Å². The molecule has 1 unspecified atom stereocenters. The van der Waals surface area contributed by atoms with Crippen LogP contribution in [0.4, 0.5) is 0 Å². The molecule has 114 valence electrons. The van der Waals surface area contributed by atoms with Gasteiger partial charge in [-0.05, 0) is 43.7 Å². The van der Waals surface area contributed by atoms with Crippen molar-refractivity contribution >= 4 is 5.91 Å². The topological polar surface area (TPSA) is 32.3 Å². The zero-order valence-electron chi connectivity index (χ0n) is 12.8. The van der Waals surface area contributed by atoms with Crippen LogP contribution in [0.25, 0.3) is 0 Å². The minimum absolute atomic E-state index is 0.106. The minimum atomic E-state index is 0.106. The Morgan fingerprint density at radius 2 is 1.86 bits per heavy atom. The van der Waals surface area contributed by atoms with Crippen LogP contribution in [0.2, 0.25) is 0 Å². The van der Waals surface area contributed by atoms with Crippen LogP contribution in [0.1, 0.15) is 44.1 Å². The molecule has 1 aromatic rings. The molecule has 1 saturated carbocycles. The highest BCUT2D eigenvalue weighted by Crippen LogP contribution is 2.28. The highest BCUT2D eigenvalue weighted by molar-refractivity contribution is 5.82. The molecule has 3 heteroatoms. The van der Waals surface area contributed by atoms with Gasteiger partial charge in [0.15, 0.2) is 0 Å². The predicted molar refractivity (Wildman–Crippen MR) is 84.8 cm³/mol. The zero-order valence-corrected chi connectivity index (χ0v) is 12.8. The highest BCUT2D eigenvalue weighted by atomic mass is 16.2. The average molecular weight is 286 g/mol. The lowest BCUT2D eigenvalue weighted by molar-refractivity contribution is -0.125. The Morgan fingerprint density at radius 3 is 2.62 bits per heavy atom. The van der Waals surface area contributed by atoms with Crippen LogP contribution < -0.4 is 5.32 Å². The molecule has 0 spiro atoms. The molecular weight excluding hydrogens is 260 g/mol. The lowest BCUT2D eigenvalue weighted by Gasteiger charge is -2.26. The largest absolute Gasteiger partial charge is 0.351 e. The first-order valence-electron chi connectivity index (χ1n) is 8.38. The Hall–Kier alpha value is -1.35. The maximum atomic E-state index is 12.5. The fourth-order valence-electron chi connectivity index (χ4n) is 3.77. The van der Waals surface area contributed by atoms with E-state index in [9.17, 15) is 4.79 Å². The van der Waals surface area contributed by atoms with Gasteiger partial charge >= 0.3 is 0 Å². The van der Waals surface area contributed by atoms with Crippen molar-refractivity contribution in [2.45, 2.75) is 51.1 Å². The van der Waals surface area contributed by atoms with Crippen molar-refractivity contribution in [1.29, 1.82) is 0 Å². The van der Waals surface area contributed by atoms with Gasteiger partial charge in [-0.2, -0.15) is 0 Å². The fourth-order valence-corrected chi connectivity index (χ4v) is 3.77. The minimum Gasteiger partial charge on any atom is -0.351 e. The molecule has 0 aromatic heterocycles. The van der Waals surface area contributed by atoms with Crippen LogP contribution in [-0.2, 0) is 11.3 Å². The molecule has 21 heavy (non-hydrogen) atoms. The van der Waals surface area contributed by atoms with Crippen LogP contribution in [0.15, 0.2) is 30.3 Å². The number of amides is 1. The Balaban J connectivity index is 1.50. The maximum absolute atomic E-state index is 12.5. The second-order valence-electron chi connectivity index (χ2n) is 6.51. The number of carbonyl (C=O) groups is 1. The van der Waals surface area contributed by atoms with E-state index in [0.717, 1.165) is 31.8 Å². The Labute approximate surface area is 127 Å². The molecule has 1 aliphatic carbocycles. The molecule has 0 bridgehead atoms. The fraction of sp³-hybridized carbons (Fsp3) is 0.611. The summed E-state index contributed by atoms with van der Waals surface area (Å²) in [6.45, 7) is 2.87. The molecule has 1 amide bonds. The second-order valence-corrected chi connectivity index (χ2v) is 6.51. The Morgan fingerprint density at radius 1 is 1.10 bits per heavy atom. The van der Waals surface area contributed by atoms with E-state index < -0.39 is 0 Å². The summed E-state index contributed by atoms with van der Waals surface area (Å²) in [5.41, 5.74) is 1.17. The van der Waals surface area contributed by atoms with Gasteiger partial charge in [0.05, 0.1) is 6.04 Å². The molecule has 2 fully saturated rings. The number of likely N-dealkylation sites (tertiary alicyclic amines) is 1. The van der Waals surface area contributed by atoms with Crippen LogP contribution in [0.5, 0.6) is 0 Å². The van der Waals surface area contributed by atoms with Gasteiger partial charge in [-0.25, -0.2) is 0 Å². The summed E-state index contributed by atoms with van der Waals surface area (Å²) in [6.07, 6.45) is 7.65. The maximum Gasteiger partial charge on any atom is 0.237 e. The van der Waals surface area contributed by atoms with Gasteiger partial charge in [0.1, 0.15) is 0 Å². The molecule has 1 heterocycles. The second kappa shape index (κ2) is 7.08. The number of nitrogens with one attached hydrogen (secondary N) is 1. The van der Waals surface area contributed by atoms with Crippen molar-refractivity contribution in [1.82, 2.24) is 10.2 Å². The van der Waals surface area contributed by atoms with E-state index >= 15 is 0 Å². The van der Waals surface area contributed by atoms with Crippen molar-refractivity contribution in [3.8, 4) is 0 Å². The van der Waals surface area contributed by atoms with Crippen LogP contribution in [0.3, 0.4) is 0 Å². The van der Waals surface area contributed by atoms with E-state index in [1.165, 1.54) is 31.2 Å². The Bertz CT molecular complexity index is 454. The third-order valence-corrected chi connectivity index (χ3v) is 4.94. The van der Waals surface area contributed by atoms with Gasteiger partial charge < -0.3 is 5.32 Å². The first-order chi connectivity index (χ1) is 10.3. The number of carbonyl (C=O) groups excluding carboxylic acids is 1. The summed E-state index contributed by atoms with van der Waals surface area (Å²) in [5, 5.41) is 3.12. The SMILES string of the molecule is O=C(NCc1ccccc1)C1CCCN1CC1CCCC1. The molecular formula is C18H26N2O. The summed E-state index contributed by atoms with van der Waals surface area (Å²) in [5.74, 6) is 1.04. The third-order valence-electron chi connectivity index (χ3n) is 4.94. The molecule has 1 N–H and O–H groups in total. The first kappa shape index (κ1) is 14.6. The molecule has 2 aliphatic rings. The monoisotopic (exact) mass is 286 g/mol. The summed E-state index contributed by atoms with van der Waals surface area (Å²) in [6, 6.07) is 10.3. The predicted octanol–water partition coefficient (Wildman–Crippen LogP) is 2.96. The smallest absolute Gasteiger partial charge is 0.237 e. The standard InChI is InChI=1S/C18H26N2O/c21-18(19-13-15-7-2-1-3-8-15)17-11-6-12-20(17)14-16-9-4-5-10-16/h1-3,7-8,16-17H,4-6,9-14H2,(H,19,21). The summed E-state index contributed by atoms with van der Waals surface area (Å²) >= 11 is 0. The molecule has 1 saturated heterocycles. The van der Waals surface area contributed by atoms with Crippen molar-refractivity contribution < 1.29 is 4.79 Å².